The Morgan fingerprint density at radius 3 is 2.35 bits per heavy atom. The summed E-state index contributed by atoms with van der Waals surface area (Å²) in [6.45, 7) is 6.73. The lowest BCUT2D eigenvalue weighted by Crippen LogP contribution is -2.32. The molecule has 0 aliphatic rings. The van der Waals surface area contributed by atoms with E-state index in [4.69, 9.17) is 0 Å². The summed E-state index contributed by atoms with van der Waals surface area (Å²) in [5.41, 5.74) is 2.11. The Bertz CT molecular complexity index is 485. The van der Waals surface area contributed by atoms with Crippen LogP contribution >= 0.6 is 15.9 Å². The Balaban J connectivity index is 3.15. The van der Waals surface area contributed by atoms with E-state index in [0.717, 1.165) is 11.1 Å². The van der Waals surface area contributed by atoms with Crippen molar-refractivity contribution in [1.82, 2.24) is 4.31 Å². The van der Waals surface area contributed by atoms with Crippen LogP contribution in [-0.2, 0) is 10.0 Å². The number of nitrogens with zero attached hydrogens (tertiary/aromatic N) is 1. The Morgan fingerprint density at radius 1 is 1.24 bits per heavy atom. The van der Waals surface area contributed by atoms with Crippen LogP contribution in [0.15, 0.2) is 23.1 Å². The molecule has 1 rings (SSSR count). The number of sulfonamides is 1. The van der Waals surface area contributed by atoms with Gasteiger partial charge in [0.05, 0.1) is 4.90 Å². The minimum Gasteiger partial charge on any atom is -0.207 e. The number of aryl methyl sites for hydroxylation is 2. The van der Waals surface area contributed by atoms with Gasteiger partial charge in [0.15, 0.2) is 0 Å². The van der Waals surface area contributed by atoms with E-state index in [0.29, 0.717) is 23.3 Å². The first-order valence-electron chi connectivity index (χ1n) is 5.56. The molecule has 0 saturated heterocycles. The van der Waals surface area contributed by atoms with Gasteiger partial charge in [0, 0.05) is 18.4 Å². The second-order valence-electron chi connectivity index (χ2n) is 3.93. The van der Waals surface area contributed by atoms with Gasteiger partial charge in [-0.25, -0.2) is 8.42 Å². The van der Waals surface area contributed by atoms with Crippen molar-refractivity contribution in [2.24, 2.45) is 0 Å². The molecule has 0 saturated carbocycles. The molecule has 17 heavy (non-hydrogen) atoms. The molecule has 0 radical (unpaired) electrons. The molecular formula is C12H18BrNO2S. The van der Waals surface area contributed by atoms with Gasteiger partial charge in [-0.1, -0.05) is 28.9 Å². The standard InChI is InChI=1S/C12H18BrNO2S/c1-4-14(8-7-13)17(15,16)12-6-5-10(2)11(3)9-12/h5-6,9H,4,7-8H2,1-3H3. The Morgan fingerprint density at radius 2 is 1.88 bits per heavy atom. The van der Waals surface area contributed by atoms with Gasteiger partial charge in [-0.2, -0.15) is 4.31 Å². The maximum absolute atomic E-state index is 12.3. The molecule has 5 heteroatoms. The summed E-state index contributed by atoms with van der Waals surface area (Å²) in [5, 5.41) is 0.644. The van der Waals surface area contributed by atoms with Crippen molar-refractivity contribution in [3.05, 3.63) is 29.3 Å². The highest BCUT2D eigenvalue weighted by atomic mass is 79.9. The molecule has 0 aromatic heterocycles. The van der Waals surface area contributed by atoms with E-state index in [1.807, 2.05) is 26.8 Å². The fraction of sp³-hybridized carbons (Fsp3) is 0.500. The number of rotatable bonds is 5. The second kappa shape index (κ2) is 5.98. The fourth-order valence-corrected chi connectivity index (χ4v) is 3.76. The predicted octanol–water partition coefficient (Wildman–Crippen LogP) is 2.71. The summed E-state index contributed by atoms with van der Waals surface area (Å²) in [6, 6.07) is 5.26. The first-order valence-corrected chi connectivity index (χ1v) is 8.13. The van der Waals surface area contributed by atoms with Crippen molar-refractivity contribution in [3.63, 3.8) is 0 Å². The van der Waals surface area contributed by atoms with E-state index < -0.39 is 10.0 Å². The van der Waals surface area contributed by atoms with Gasteiger partial charge in [-0.15, -0.1) is 0 Å². The molecule has 1 aromatic carbocycles. The third kappa shape index (κ3) is 3.30. The van der Waals surface area contributed by atoms with E-state index >= 15 is 0 Å². The lowest BCUT2D eigenvalue weighted by Gasteiger charge is -2.19. The molecule has 0 N–H and O–H groups in total. The molecule has 0 aliphatic carbocycles. The van der Waals surface area contributed by atoms with Crippen LogP contribution < -0.4 is 0 Å². The van der Waals surface area contributed by atoms with E-state index in [9.17, 15) is 8.42 Å². The maximum atomic E-state index is 12.3. The van der Waals surface area contributed by atoms with Crippen LogP contribution in [0.25, 0.3) is 0 Å². The minimum atomic E-state index is -3.35. The second-order valence-corrected chi connectivity index (χ2v) is 6.66. The summed E-state index contributed by atoms with van der Waals surface area (Å²) >= 11 is 3.28. The normalized spacial score (nSPS) is 12.1. The van der Waals surface area contributed by atoms with Crippen molar-refractivity contribution in [3.8, 4) is 0 Å². The van der Waals surface area contributed by atoms with Crippen molar-refractivity contribution >= 4 is 26.0 Å². The van der Waals surface area contributed by atoms with Gasteiger partial charge in [-0.05, 0) is 37.1 Å². The Labute approximate surface area is 112 Å². The van der Waals surface area contributed by atoms with Gasteiger partial charge in [-0.3, -0.25) is 0 Å². The van der Waals surface area contributed by atoms with E-state index in [1.165, 1.54) is 4.31 Å². The zero-order chi connectivity index (χ0) is 13.1. The van der Waals surface area contributed by atoms with Crippen molar-refractivity contribution in [1.29, 1.82) is 0 Å². The first-order chi connectivity index (χ1) is 7.93. The average Bonchev–Trinajstić information content (AvgIpc) is 2.29. The monoisotopic (exact) mass is 319 g/mol. The summed E-state index contributed by atoms with van der Waals surface area (Å²) in [7, 11) is -3.35. The molecule has 0 unspecified atom stereocenters. The molecular weight excluding hydrogens is 302 g/mol. The molecule has 3 nitrogen and oxygen atoms in total. The third-order valence-electron chi connectivity index (χ3n) is 2.80. The van der Waals surface area contributed by atoms with Gasteiger partial charge in [0.25, 0.3) is 0 Å². The summed E-state index contributed by atoms with van der Waals surface area (Å²) in [6.07, 6.45) is 0. The predicted molar refractivity (Wildman–Crippen MR) is 74.1 cm³/mol. The third-order valence-corrected chi connectivity index (χ3v) is 5.13. The molecule has 0 aliphatic heterocycles. The van der Waals surface area contributed by atoms with Crippen LogP contribution in [0.5, 0.6) is 0 Å². The summed E-state index contributed by atoms with van der Waals surface area (Å²) in [4.78, 5) is 0.378. The van der Waals surface area contributed by atoms with Crippen LogP contribution in [0.3, 0.4) is 0 Å². The lowest BCUT2D eigenvalue weighted by molar-refractivity contribution is 0.448. The van der Waals surface area contributed by atoms with Crippen LogP contribution in [0.2, 0.25) is 0 Å². The molecule has 0 amide bonds. The van der Waals surface area contributed by atoms with Crippen molar-refractivity contribution in [2.45, 2.75) is 25.7 Å². The molecule has 96 valence electrons. The highest BCUT2D eigenvalue weighted by molar-refractivity contribution is 9.09. The van der Waals surface area contributed by atoms with E-state index in [-0.39, 0.29) is 0 Å². The molecule has 0 atom stereocenters. The largest absolute Gasteiger partial charge is 0.243 e. The zero-order valence-corrected chi connectivity index (χ0v) is 12.8. The van der Waals surface area contributed by atoms with Gasteiger partial charge >= 0.3 is 0 Å². The quantitative estimate of drug-likeness (QED) is 0.782. The smallest absolute Gasteiger partial charge is 0.207 e. The molecule has 1 aromatic rings. The average molecular weight is 320 g/mol. The highest BCUT2D eigenvalue weighted by Crippen LogP contribution is 2.19. The molecule has 0 bridgehead atoms. The highest BCUT2D eigenvalue weighted by Gasteiger charge is 2.22. The van der Waals surface area contributed by atoms with Gasteiger partial charge in [0.1, 0.15) is 0 Å². The number of alkyl halides is 1. The number of halogens is 1. The lowest BCUT2D eigenvalue weighted by atomic mass is 10.1. The zero-order valence-electron chi connectivity index (χ0n) is 10.4. The fourth-order valence-electron chi connectivity index (χ4n) is 1.57. The topological polar surface area (TPSA) is 37.4 Å². The summed E-state index contributed by atoms with van der Waals surface area (Å²) < 4.78 is 26.1. The van der Waals surface area contributed by atoms with Gasteiger partial charge < -0.3 is 0 Å². The van der Waals surface area contributed by atoms with Crippen LogP contribution in [-0.4, -0.2) is 31.1 Å². The minimum absolute atomic E-state index is 0.378. The van der Waals surface area contributed by atoms with Gasteiger partial charge in [0.2, 0.25) is 10.0 Å². The first kappa shape index (κ1) is 14.7. The Hall–Kier alpha value is -0.390. The molecule has 0 fully saturated rings. The van der Waals surface area contributed by atoms with Crippen LogP contribution in [0.4, 0.5) is 0 Å². The number of hydrogen-bond donors (Lipinski definition) is 0. The van der Waals surface area contributed by atoms with Crippen molar-refractivity contribution in [2.75, 3.05) is 18.4 Å². The maximum Gasteiger partial charge on any atom is 0.243 e. The SMILES string of the molecule is CCN(CCBr)S(=O)(=O)c1ccc(C)c(C)c1. The van der Waals surface area contributed by atoms with Crippen LogP contribution in [0, 0.1) is 13.8 Å². The van der Waals surface area contributed by atoms with E-state index in [2.05, 4.69) is 15.9 Å². The number of benzene rings is 1. The van der Waals surface area contributed by atoms with Crippen molar-refractivity contribution < 1.29 is 8.42 Å². The molecule has 0 spiro atoms. The Kier molecular flexibility index (Phi) is 5.16. The van der Waals surface area contributed by atoms with Crippen LogP contribution in [0.1, 0.15) is 18.1 Å². The summed E-state index contributed by atoms with van der Waals surface area (Å²) in [5.74, 6) is 0. The van der Waals surface area contributed by atoms with E-state index in [1.54, 1.807) is 12.1 Å². The molecule has 0 heterocycles. The number of hydrogen-bond acceptors (Lipinski definition) is 2.